The predicted molar refractivity (Wildman–Crippen MR) is 143 cm³/mol. The molecule has 0 heterocycles. The van der Waals surface area contributed by atoms with Crippen LogP contribution in [-0.2, 0) is 0 Å². The monoisotopic (exact) mass is 471 g/mol. The van der Waals surface area contributed by atoms with Gasteiger partial charge >= 0.3 is 0 Å². The second kappa shape index (κ2) is 9.77. The van der Waals surface area contributed by atoms with E-state index in [0.29, 0.717) is 11.4 Å². The van der Waals surface area contributed by atoms with Crippen molar-refractivity contribution >= 4 is 27.8 Å². The lowest BCUT2D eigenvalue weighted by atomic mass is 10.0. The molecular formula is C32H17N5. The van der Waals surface area contributed by atoms with Gasteiger partial charge in [0, 0.05) is 17.1 Å². The molecule has 0 N–H and O–H groups in total. The number of rotatable bonds is 4. The molecule has 5 aromatic carbocycles. The highest BCUT2D eigenvalue weighted by molar-refractivity contribution is 5.88. The van der Waals surface area contributed by atoms with Crippen molar-refractivity contribution in [2.24, 2.45) is 0 Å². The molecule has 5 rings (SSSR count). The molecule has 0 atom stereocenters. The molecule has 0 bridgehead atoms. The summed E-state index contributed by atoms with van der Waals surface area (Å²) in [6, 6.07) is 40.9. The van der Waals surface area contributed by atoms with Gasteiger partial charge < -0.3 is 4.90 Å². The van der Waals surface area contributed by atoms with E-state index in [2.05, 4.69) is 42.5 Å². The first-order chi connectivity index (χ1) is 18.1. The van der Waals surface area contributed by atoms with Crippen LogP contribution in [0.3, 0.4) is 0 Å². The van der Waals surface area contributed by atoms with Crippen molar-refractivity contribution in [1.29, 1.82) is 21.0 Å². The van der Waals surface area contributed by atoms with Gasteiger partial charge in [0.2, 0.25) is 0 Å². The summed E-state index contributed by atoms with van der Waals surface area (Å²) >= 11 is 0. The Labute approximate surface area is 214 Å². The Morgan fingerprint density at radius 3 is 1.43 bits per heavy atom. The normalized spacial score (nSPS) is 10.1. The van der Waals surface area contributed by atoms with E-state index < -0.39 is 0 Å². The van der Waals surface area contributed by atoms with Crippen LogP contribution in [0.15, 0.2) is 103 Å². The minimum atomic E-state index is 0.256. The Kier molecular flexibility index (Phi) is 6.05. The van der Waals surface area contributed by atoms with Crippen molar-refractivity contribution in [3.8, 4) is 35.4 Å². The maximum atomic E-state index is 9.59. The fourth-order valence-corrected chi connectivity index (χ4v) is 4.34. The van der Waals surface area contributed by atoms with Crippen LogP contribution in [-0.4, -0.2) is 0 Å². The van der Waals surface area contributed by atoms with E-state index in [1.807, 2.05) is 53.4 Å². The quantitative estimate of drug-likeness (QED) is 0.271. The molecule has 0 aliphatic heterocycles. The third-order valence-electron chi connectivity index (χ3n) is 6.21. The van der Waals surface area contributed by atoms with Gasteiger partial charge in [-0.3, -0.25) is 0 Å². The number of nitriles is 4. The molecule has 5 aromatic rings. The number of hydrogen-bond donors (Lipinski definition) is 0. The molecule has 170 valence electrons. The fraction of sp³-hybridized carbons (Fsp3) is 0. The Balaban J connectivity index is 1.63. The zero-order chi connectivity index (χ0) is 25.8. The molecule has 0 saturated carbocycles. The largest absolute Gasteiger partial charge is 0.310 e. The average molecular weight is 472 g/mol. The standard InChI is InChI=1S/C32H17N5/c33-18-26-9-13-31(16-28(26)20-35)37(32-14-10-27(19-34)29(17-32)21-36)30-11-7-23(8-12-30)25-6-5-22-3-1-2-4-24(22)15-25/h1-17H. The van der Waals surface area contributed by atoms with Crippen molar-refractivity contribution in [2.45, 2.75) is 0 Å². The summed E-state index contributed by atoms with van der Waals surface area (Å²) in [5.74, 6) is 0. The van der Waals surface area contributed by atoms with Gasteiger partial charge in [-0.05, 0) is 76.5 Å². The molecule has 0 fully saturated rings. The highest BCUT2D eigenvalue weighted by Crippen LogP contribution is 2.37. The maximum Gasteiger partial charge on any atom is 0.101 e. The molecule has 0 unspecified atom stereocenters. The zero-order valence-corrected chi connectivity index (χ0v) is 19.6. The average Bonchev–Trinajstić information content (AvgIpc) is 2.97. The van der Waals surface area contributed by atoms with Crippen molar-refractivity contribution in [1.82, 2.24) is 0 Å². The molecule has 5 heteroatoms. The molecular weight excluding hydrogens is 454 g/mol. The van der Waals surface area contributed by atoms with Gasteiger partial charge in [0.25, 0.3) is 0 Å². The summed E-state index contributed by atoms with van der Waals surface area (Å²) in [6.07, 6.45) is 0. The summed E-state index contributed by atoms with van der Waals surface area (Å²) in [5, 5.41) is 40.2. The predicted octanol–water partition coefficient (Wildman–Crippen LogP) is 7.46. The molecule has 0 aliphatic carbocycles. The van der Waals surface area contributed by atoms with Gasteiger partial charge in [-0.1, -0.05) is 48.5 Å². The van der Waals surface area contributed by atoms with E-state index in [0.717, 1.165) is 22.2 Å². The van der Waals surface area contributed by atoms with E-state index in [-0.39, 0.29) is 22.3 Å². The van der Waals surface area contributed by atoms with E-state index in [1.54, 1.807) is 36.4 Å². The first kappa shape index (κ1) is 22.9. The van der Waals surface area contributed by atoms with E-state index in [9.17, 15) is 21.0 Å². The van der Waals surface area contributed by atoms with Crippen LogP contribution >= 0.6 is 0 Å². The van der Waals surface area contributed by atoms with E-state index in [4.69, 9.17) is 0 Å². The second-order valence-electron chi connectivity index (χ2n) is 8.35. The lowest BCUT2D eigenvalue weighted by Gasteiger charge is -2.26. The fourth-order valence-electron chi connectivity index (χ4n) is 4.34. The van der Waals surface area contributed by atoms with Crippen LogP contribution in [0.5, 0.6) is 0 Å². The van der Waals surface area contributed by atoms with Gasteiger partial charge in [-0.15, -0.1) is 0 Å². The molecule has 0 spiro atoms. The zero-order valence-electron chi connectivity index (χ0n) is 19.6. The summed E-state index contributed by atoms with van der Waals surface area (Å²) in [7, 11) is 0. The van der Waals surface area contributed by atoms with Crippen LogP contribution in [0.1, 0.15) is 22.3 Å². The molecule has 0 amide bonds. The van der Waals surface area contributed by atoms with Gasteiger partial charge in [-0.25, -0.2) is 0 Å². The maximum absolute atomic E-state index is 9.59. The Bertz CT molecular complexity index is 1750. The molecule has 0 saturated heterocycles. The Morgan fingerprint density at radius 1 is 0.405 bits per heavy atom. The summed E-state index contributed by atoms with van der Waals surface area (Å²) in [6.45, 7) is 0. The van der Waals surface area contributed by atoms with Gasteiger partial charge in [0.1, 0.15) is 24.3 Å². The van der Waals surface area contributed by atoms with Gasteiger partial charge in [0.05, 0.1) is 22.3 Å². The van der Waals surface area contributed by atoms with Crippen molar-refractivity contribution in [3.63, 3.8) is 0 Å². The summed E-state index contributed by atoms with van der Waals surface area (Å²) < 4.78 is 0. The topological polar surface area (TPSA) is 98.4 Å². The van der Waals surface area contributed by atoms with Crippen LogP contribution in [0, 0.1) is 45.3 Å². The van der Waals surface area contributed by atoms with Crippen molar-refractivity contribution < 1.29 is 0 Å². The minimum Gasteiger partial charge on any atom is -0.310 e. The number of fused-ring (bicyclic) bond motifs is 1. The third kappa shape index (κ3) is 4.34. The lowest BCUT2D eigenvalue weighted by Crippen LogP contribution is -2.11. The van der Waals surface area contributed by atoms with Crippen LogP contribution in [0.4, 0.5) is 17.1 Å². The molecule has 0 aromatic heterocycles. The second-order valence-corrected chi connectivity index (χ2v) is 8.35. The first-order valence-electron chi connectivity index (χ1n) is 11.4. The van der Waals surface area contributed by atoms with E-state index in [1.165, 1.54) is 5.39 Å². The summed E-state index contributed by atoms with van der Waals surface area (Å²) in [4.78, 5) is 1.90. The highest BCUT2D eigenvalue weighted by atomic mass is 15.1. The number of anilines is 3. The first-order valence-corrected chi connectivity index (χ1v) is 11.4. The van der Waals surface area contributed by atoms with Crippen molar-refractivity contribution in [3.05, 3.63) is 125 Å². The number of benzene rings is 5. The SMILES string of the molecule is N#Cc1ccc(N(c2ccc(-c3ccc4ccccc4c3)cc2)c2ccc(C#N)c(C#N)c2)cc1C#N. The molecule has 5 nitrogen and oxygen atoms in total. The van der Waals surface area contributed by atoms with Crippen LogP contribution in [0.25, 0.3) is 21.9 Å². The molecule has 0 aliphatic rings. The highest BCUT2D eigenvalue weighted by Gasteiger charge is 2.17. The van der Waals surface area contributed by atoms with Crippen LogP contribution in [0.2, 0.25) is 0 Å². The lowest BCUT2D eigenvalue weighted by molar-refractivity contribution is 1.27. The van der Waals surface area contributed by atoms with Gasteiger partial charge in [0.15, 0.2) is 0 Å². The minimum absolute atomic E-state index is 0.256. The Hall–Kier alpha value is -5.88. The van der Waals surface area contributed by atoms with E-state index >= 15 is 0 Å². The Morgan fingerprint density at radius 2 is 0.892 bits per heavy atom. The number of nitrogens with zero attached hydrogens (tertiary/aromatic N) is 5. The van der Waals surface area contributed by atoms with Crippen molar-refractivity contribution in [2.75, 3.05) is 4.90 Å². The third-order valence-corrected chi connectivity index (χ3v) is 6.21. The molecule has 0 radical (unpaired) electrons. The van der Waals surface area contributed by atoms with Crippen LogP contribution < -0.4 is 4.90 Å². The van der Waals surface area contributed by atoms with Gasteiger partial charge in [-0.2, -0.15) is 21.0 Å². The molecule has 37 heavy (non-hydrogen) atoms. The summed E-state index contributed by atoms with van der Waals surface area (Å²) in [5.41, 5.74) is 5.33. The number of hydrogen-bond acceptors (Lipinski definition) is 5. The smallest absolute Gasteiger partial charge is 0.101 e.